The fourth-order valence-corrected chi connectivity index (χ4v) is 2.95. The molecule has 1 aliphatic heterocycles. The van der Waals surface area contributed by atoms with Crippen molar-refractivity contribution in [3.8, 4) is 5.75 Å². The van der Waals surface area contributed by atoms with E-state index >= 15 is 0 Å². The summed E-state index contributed by atoms with van der Waals surface area (Å²) in [5.41, 5.74) is 5.75. The summed E-state index contributed by atoms with van der Waals surface area (Å²) in [5.74, 6) is -0.159. The van der Waals surface area contributed by atoms with Gasteiger partial charge in [-0.2, -0.15) is 0 Å². The highest BCUT2D eigenvalue weighted by Crippen LogP contribution is 2.42. The molecule has 1 aromatic rings. The van der Waals surface area contributed by atoms with Gasteiger partial charge in [-0.05, 0) is 43.9 Å². The van der Waals surface area contributed by atoms with Gasteiger partial charge in [-0.15, -0.1) is 12.4 Å². The molecule has 1 saturated heterocycles. The van der Waals surface area contributed by atoms with Gasteiger partial charge in [0.2, 0.25) is 5.91 Å². The minimum absolute atomic E-state index is 0. The molecule has 0 bridgehead atoms. The number of benzene rings is 1. The van der Waals surface area contributed by atoms with E-state index in [0.29, 0.717) is 17.1 Å². The molecule has 1 aromatic carbocycles. The topological polar surface area (TPSA) is 114 Å². The van der Waals surface area contributed by atoms with Gasteiger partial charge in [0.25, 0.3) is 5.91 Å². The number of hydrogen-bond acceptors (Lipinski definition) is 5. The number of urea groups is 1. The van der Waals surface area contributed by atoms with E-state index in [2.05, 4.69) is 10.6 Å². The van der Waals surface area contributed by atoms with Gasteiger partial charge in [0.05, 0.1) is 12.8 Å². The van der Waals surface area contributed by atoms with E-state index in [0.717, 1.165) is 17.7 Å². The molecule has 9 heteroatoms. The maximum Gasteiger partial charge on any atom is 0.325 e. The summed E-state index contributed by atoms with van der Waals surface area (Å²) < 4.78 is 5.05. The SMILES string of the molecule is COc1ccc(NC(=O)CN2C(=O)NC(C)(C3CC3)C2=O)cc1N.Cl. The van der Waals surface area contributed by atoms with Crippen molar-refractivity contribution in [1.82, 2.24) is 10.2 Å². The molecule has 4 N–H and O–H groups in total. The molecular formula is C16H21ClN4O4. The highest BCUT2D eigenvalue weighted by Gasteiger charge is 2.56. The molecule has 2 fully saturated rings. The maximum absolute atomic E-state index is 12.5. The van der Waals surface area contributed by atoms with Gasteiger partial charge in [-0.25, -0.2) is 4.79 Å². The third kappa shape index (κ3) is 3.48. The van der Waals surface area contributed by atoms with Gasteiger partial charge in [0.15, 0.2) is 0 Å². The van der Waals surface area contributed by atoms with Crippen molar-refractivity contribution in [2.75, 3.05) is 24.7 Å². The fraction of sp³-hybridized carbons (Fsp3) is 0.438. The zero-order valence-corrected chi connectivity index (χ0v) is 14.8. The van der Waals surface area contributed by atoms with Crippen LogP contribution >= 0.6 is 12.4 Å². The van der Waals surface area contributed by atoms with Gasteiger partial charge in [-0.1, -0.05) is 0 Å². The van der Waals surface area contributed by atoms with E-state index in [1.165, 1.54) is 7.11 Å². The van der Waals surface area contributed by atoms with E-state index in [9.17, 15) is 14.4 Å². The monoisotopic (exact) mass is 368 g/mol. The second-order valence-electron chi connectivity index (χ2n) is 6.30. The number of nitrogens with one attached hydrogen (secondary N) is 2. The number of halogens is 1. The molecule has 1 aliphatic carbocycles. The van der Waals surface area contributed by atoms with Crippen molar-refractivity contribution >= 4 is 41.6 Å². The number of amides is 4. The highest BCUT2D eigenvalue weighted by molar-refractivity contribution is 6.10. The van der Waals surface area contributed by atoms with Crippen LogP contribution in [0.2, 0.25) is 0 Å². The molecule has 1 heterocycles. The molecule has 8 nitrogen and oxygen atoms in total. The number of carbonyl (C=O) groups excluding carboxylic acids is 3. The number of nitrogens with zero attached hydrogens (tertiary/aromatic N) is 1. The first kappa shape index (κ1) is 18.9. The molecule has 1 atom stereocenters. The third-order valence-electron chi connectivity index (χ3n) is 4.51. The predicted octanol–water partition coefficient (Wildman–Crippen LogP) is 1.36. The van der Waals surface area contributed by atoms with Crippen molar-refractivity contribution < 1.29 is 19.1 Å². The predicted molar refractivity (Wildman–Crippen MR) is 94.7 cm³/mol. The first-order valence-electron chi connectivity index (χ1n) is 7.72. The number of hydrogen-bond donors (Lipinski definition) is 3. The minimum atomic E-state index is -0.887. The van der Waals surface area contributed by atoms with Crippen molar-refractivity contribution in [1.29, 1.82) is 0 Å². The number of nitrogen functional groups attached to an aromatic ring is 1. The summed E-state index contributed by atoms with van der Waals surface area (Å²) in [6.07, 6.45) is 1.82. The second-order valence-corrected chi connectivity index (χ2v) is 6.30. The maximum atomic E-state index is 12.5. The molecule has 0 radical (unpaired) electrons. The molecule has 136 valence electrons. The van der Waals surface area contributed by atoms with E-state index in [1.54, 1.807) is 25.1 Å². The molecule has 0 aromatic heterocycles. The second kappa shape index (κ2) is 6.79. The summed E-state index contributed by atoms with van der Waals surface area (Å²) in [5, 5.41) is 5.33. The average molecular weight is 369 g/mol. The Morgan fingerprint density at radius 2 is 2.12 bits per heavy atom. The molecule has 2 aliphatic rings. The van der Waals surface area contributed by atoms with Crippen LogP contribution in [0.5, 0.6) is 5.75 Å². The van der Waals surface area contributed by atoms with Gasteiger partial charge >= 0.3 is 6.03 Å². The Hall–Kier alpha value is -2.48. The zero-order chi connectivity index (χ0) is 17.5. The van der Waals surface area contributed by atoms with Crippen LogP contribution in [0.3, 0.4) is 0 Å². The van der Waals surface area contributed by atoms with E-state index in [-0.39, 0.29) is 30.8 Å². The number of imide groups is 1. The largest absolute Gasteiger partial charge is 0.495 e. The lowest BCUT2D eigenvalue weighted by Gasteiger charge is -2.20. The summed E-state index contributed by atoms with van der Waals surface area (Å²) >= 11 is 0. The standard InChI is InChI=1S/C16H20N4O4.ClH/c1-16(9-3-4-9)14(22)20(15(23)19-16)8-13(21)18-10-5-6-12(24-2)11(17)7-10;/h5-7,9H,3-4,8,17H2,1-2H3,(H,18,21)(H,19,23);1H. The Morgan fingerprint density at radius 3 is 2.68 bits per heavy atom. The molecule has 1 unspecified atom stereocenters. The van der Waals surface area contributed by atoms with Crippen LogP contribution in [-0.2, 0) is 9.59 Å². The number of carbonyl (C=O) groups is 3. The Labute approximate surface area is 151 Å². The lowest BCUT2D eigenvalue weighted by molar-refractivity contribution is -0.134. The van der Waals surface area contributed by atoms with Crippen LogP contribution in [0.1, 0.15) is 19.8 Å². The van der Waals surface area contributed by atoms with Crippen molar-refractivity contribution in [3.63, 3.8) is 0 Å². The molecule has 25 heavy (non-hydrogen) atoms. The number of methoxy groups -OCH3 is 1. The number of ether oxygens (including phenoxy) is 1. The number of rotatable bonds is 5. The fourth-order valence-electron chi connectivity index (χ4n) is 2.95. The summed E-state index contributed by atoms with van der Waals surface area (Å²) in [4.78, 5) is 37.6. The molecule has 3 rings (SSSR count). The first-order chi connectivity index (χ1) is 11.3. The van der Waals surface area contributed by atoms with Crippen LogP contribution in [0.15, 0.2) is 18.2 Å². The van der Waals surface area contributed by atoms with E-state index < -0.39 is 17.5 Å². The van der Waals surface area contributed by atoms with Crippen molar-refractivity contribution in [2.24, 2.45) is 5.92 Å². The molecular weight excluding hydrogens is 348 g/mol. The first-order valence-corrected chi connectivity index (χ1v) is 7.72. The van der Waals surface area contributed by atoms with Gasteiger partial charge in [-0.3, -0.25) is 14.5 Å². The molecule has 4 amide bonds. The van der Waals surface area contributed by atoms with Crippen LogP contribution in [-0.4, -0.2) is 41.9 Å². The Balaban J connectivity index is 0.00000225. The van der Waals surface area contributed by atoms with Crippen LogP contribution in [0.25, 0.3) is 0 Å². The number of anilines is 2. The molecule has 0 spiro atoms. The highest BCUT2D eigenvalue weighted by atomic mass is 35.5. The lowest BCUT2D eigenvalue weighted by Crippen LogP contribution is -2.46. The Bertz CT molecular complexity index is 722. The summed E-state index contributed by atoms with van der Waals surface area (Å²) in [6.45, 7) is 1.38. The van der Waals surface area contributed by atoms with E-state index in [4.69, 9.17) is 10.5 Å². The normalized spacial score (nSPS) is 22.2. The summed E-state index contributed by atoms with van der Waals surface area (Å²) in [6, 6.07) is 4.28. The van der Waals surface area contributed by atoms with Crippen LogP contribution in [0, 0.1) is 5.92 Å². The van der Waals surface area contributed by atoms with Crippen LogP contribution in [0.4, 0.5) is 16.2 Å². The van der Waals surface area contributed by atoms with Gasteiger partial charge < -0.3 is 21.1 Å². The lowest BCUT2D eigenvalue weighted by atomic mass is 9.96. The van der Waals surface area contributed by atoms with Crippen LogP contribution < -0.4 is 21.1 Å². The molecule has 1 saturated carbocycles. The quantitative estimate of drug-likeness (QED) is 0.536. The van der Waals surface area contributed by atoms with E-state index in [1.807, 2.05) is 0 Å². The average Bonchev–Trinajstić information content (AvgIpc) is 3.34. The Morgan fingerprint density at radius 1 is 1.44 bits per heavy atom. The third-order valence-corrected chi connectivity index (χ3v) is 4.51. The van der Waals surface area contributed by atoms with Crippen molar-refractivity contribution in [3.05, 3.63) is 18.2 Å². The van der Waals surface area contributed by atoms with Crippen molar-refractivity contribution in [2.45, 2.75) is 25.3 Å². The zero-order valence-electron chi connectivity index (χ0n) is 14.0. The smallest absolute Gasteiger partial charge is 0.325 e. The van der Waals surface area contributed by atoms with Gasteiger partial charge in [0, 0.05) is 5.69 Å². The van der Waals surface area contributed by atoms with Gasteiger partial charge in [0.1, 0.15) is 17.8 Å². The Kier molecular flexibility index (Phi) is 5.12. The minimum Gasteiger partial charge on any atom is -0.495 e. The number of nitrogens with two attached hydrogens (primary N) is 1. The summed E-state index contributed by atoms with van der Waals surface area (Å²) in [7, 11) is 1.50.